The molecule has 1 unspecified atom stereocenters. The van der Waals surface area contributed by atoms with Gasteiger partial charge in [-0.15, -0.1) is 0 Å². The van der Waals surface area contributed by atoms with Crippen LogP contribution in [0.25, 0.3) is 0 Å². The van der Waals surface area contributed by atoms with Crippen molar-refractivity contribution in [3.63, 3.8) is 0 Å². The predicted molar refractivity (Wildman–Crippen MR) is 84.6 cm³/mol. The SMILES string of the molecule is C=C/C=C(\C=C)CC1CN(Cc2ccccc2)CCO1. The second-order valence-corrected chi connectivity index (χ2v) is 5.10. The number of hydrogen-bond acceptors (Lipinski definition) is 2. The molecule has 20 heavy (non-hydrogen) atoms. The molecule has 0 spiro atoms. The first kappa shape index (κ1) is 14.8. The lowest BCUT2D eigenvalue weighted by Gasteiger charge is -2.33. The summed E-state index contributed by atoms with van der Waals surface area (Å²) in [5, 5.41) is 0. The summed E-state index contributed by atoms with van der Waals surface area (Å²) >= 11 is 0. The van der Waals surface area contributed by atoms with Gasteiger partial charge in [0.2, 0.25) is 0 Å². The summed E-state index contributed by atoms with van der Waals surface area (Å²) in [6.07, 6.45) is 6.85. The molecular weight excluding hydrogens is 246 g/mol. The lowest BCUT2D eigenvalue weighted by Crippen LogP contribution is -2.42. The third-order valence-corrected chi connectivity index (χ3v) is 3.53. The Kier molecular flexibility index (Phi) is 5.78. The first-order valence-corrected chi connectivity index (χ1v) is 7.13. The molecule has 1 heterocycles. The molecule has 1 saturated heterocycles. The van der Waals surface area contributed by atoms with Crippen LogP contribution in [0.15, 0.2) is 67.3 Å². The van der Waals surface area contributed by atoms with E-state index in [2.05, 4.69) is 48.4 Å². The molecule has 2 rings (SSSR count). The molecule has 1 aromatic rings. The zero-order valence-electron chi connectivity index (χ0n) is 12.0. The van der Waals surface area contributed by atoms with Gasteiger partial charge in [0, 0.05) is 19.6 Å². The fourth-order valence-electron chi connectivity index (χ4n) is 2.52. The van der Waals surface area contributed by atoms with Crippen LogP contribution in [0.1, 0.15) is 12.0 Å². The monoisotopic (exact) mass is 269 g/mol. The molecule has 0 aromatic heterocycles. The molecule has 1 aliphatic rings. The van der Waals surface area contributed by atoms with Crippen molar-refractivity contribution in [3.05, 3.63) is 72.9 Å². The van der Waals surface area contributed by atoms with Crippen LogP contribution in [0.5, 0.6) is 0 Å². The van der Waals surface area contributed by atoms with E-state index in [1.165, 1.54) is 11.1 Å². The van der Waals surface area contributed by atoms with E-state index in [0.29, 0.717) is 0 Å². The van der Waals surface area contributed by atoms with Crippen LogP contribution >= 0.6 is 0 Å². The molecule has 0 saturated carbocycles. The minimum Gasteiger partial charge on any atom is -0.375 e. The van der Waals surface area contributed by atoms with Gasteiger partial charge in [0.25, 0.3) is 0 Å². The van der Waals surface area contributed by atoms with Gasteiger partial charge >= 0.3 is 0 Å². The van der Waals surface area contributed by atoms with Gasteiger partial charge in [-0.2, -0.15) is 0 Å². The Morgan fingerprint density at radius 3 is 2.80 bits per heavy atom. The smallest absolute Gasteiger partial charge is 0.0743 e. The van der Waals surface area contributed by atoms with Crippen LogP contribution < -0.4 is 0 Å². The number of hydrogen-bond donors (Lipinski definition) is 0. The van der Waals surface area contributed by atoms with Crippen LogP contribution in [0.4, 0.5) is 0 Å². The minimum atomic E-state index is 0.247. The van der Waals surface area contributed by atoms with Crippen LogP contribution in [0.2, 0.25) is 0 Å². The van der Waals surface area contributed by atoms with Crippen molar-refractivity contribution in [2.24, 2.45) is 0 Å². The Labute approximate surface area is 122 Å². The third-order valence-electron chi connectivity index (χ3n) is 3.53. The lowest BCUT2D eigenvalue weighted by molar-refractivity contribution is -0.0300. The van der Waals surface area contributed by atoms with Crippen molar-refractivity contribution in [2.75, 3.05) is 19.7 Å². The first-order chi connectivity index (χ1) is 9.81. The molecule has 1 aromatic carbocycles. The van der Waals surface area contributed by atoms with Crippen molar-refractivity contribution in [1.29, 1.82) is 0 Å². The number of benzene rings is 1. The number of rotatable bonds is 6. The van der Waals surface area contributed by atoms with E-state index >= 15 is 0 Å². The van der Waals surface area contributed by atoms with Gasteiger partial charge in [-0.1, -0.05) is 61.7 Å². The van der Waals surface area contributed by atoms with Crippen LogP contribution in [0, 0.1) is 0 Å². The standard InChI is InChI=1S/C18H23NO/c1-3-8-16(4-2)13-18-15-19(11-12-20-18)14-17-9-6-5-7-10-17/h3-10,18H,1-2,11-15H2/b16-8+. The fourth-order valence-corrected chi connectivity index (χ4v) is 2.52. The average molecular weight is 269 g/mol. The molecule has 0 bridgehead atoms. The lowest BCUT2D eigenvalue weighted by atomic mass is 10.1. The van der Waals surface area contributed by atoms with Crippen LogP contribution in [0.3, 0.4) is 0 Å². The maximum Gasteiger partial charge on any atom is 0.0743 e. The van der Waals surface area contributed by atoms with E-state index in [4.69, 9.17) is 4.74 Å². The van der Waals surface area contributed by atoms with Crippen molar-refractivity contribution >= 4 is 0 Å². The minimum absolute atomic E-state index is 0.247. The highest BCUT2D eigenvalue weighted by Gasteiger charge is 2.20. The summed E-state index contributed by atoms with van der Waals surface area (Å²) in [4.78, 5) is 2.46. The molecule has 2 heteroatoms. The van der Waals surface area contributed by atoms with E-state index in [9.17, 15) is 0 Å². The fraction of sp³-hybridized carbons (Fsp3) is 0.333. The van der Waals surface area contributed by atoms with Gasteiger partial charge < -0.3 is 4.74 Å². The largest absolute Gasteiger partial charge is 0.375 e. The topological polar surface area (TPSA) is 12.5 Å². The molecule has 0 amide bonds. The predicted octanol–water partition coefficient (Wildman–Crippen LogP) is 3.58. The third kappa shape index (κ3) is 4.48. The van der Waals surface area contributed by atoms with Crippen molar-refractivity contribution in [2.45, 2.75) is 19.1 Å². The van der Waals surface area contributed by atoms with Crippen LogP contribution in [-0.2, 0) is 11.3 Å². The molecule has 2 nitrogen and oxygen atoms in total. The highest BCUT2D eigenvalue weighted by molar-refractivity contribution is 5.22. The van der Waals surface area contributed by atoms with Crippen LogP contribution in [-0.4, -0.2) is 30.7 Å². The highest BCUT2D eigenvalue weighted by atomic mass is 16.5. The number of ether oxygens (including phenoxy) is 1. The summed E-state index contributed by atoms with van der Waals surface area (Å²) in [7, 11) is 0. The molecule has 1 atom stereocenters. The number of morpholine rings is 1. The summed E-state index contributed by atoms with van der Waals surface area (Å²) < 4.78 is 5.86. The summed E-state index contributed by atoms with van der Waals surface area (Å²) in [6.45, 7) is 11.3. The van der Waals surface area contributed by atoms with E-state index in [1.807, 2.05) is 18.2 Å². The quantitative estimate of drug-likeness (QED) is 0.732. The Balaban J connectivity index is 1.90. The first-order valence-electron chi connectivity index (χ1n) is 7.13. The average Bonchev–Trinajstić information content (AvgIpc) is 2.48. The molecule has 106 valence electrons. The molecule has 1 aliphatic heterocycles. The maximum absolute atomic E-state index is 5.86. The Bertz CT molecular complexity index is 464. The van der Waals surface area contributed by atoms with E-state index in [0.717, 1.165) is 32.7 Å². The normalized spacial score (nSPS) is 20.6. The van der Waals surface area contributed by atoms with Gasteiger partial charge in [0.1, 0.15) is 0 Å². The molecule has 0 aliphatic carbocycles. The number of allylic oxidation sites excluding steroid dienone is 3. The Morgan fingerprint density at radius 1 is 1.30 bits per heavy atom. The van der Waals surface area contributed by atoms with E-state index in [-0.39, 0.29) is 6.10 Å². The Morgan fingerprint density at radius 2 is 2.10 bits per heavy atom. The molecule has 1 fully saturated rings. The summed E-state index contributed by atoms with van der Waals surface area (Å²) in [5.41, 5.74) is 2.55. The molecule has 0 radical (unpaired) electrons. The van der Waals surface area contributed by atoms with Crippen molar-refractivity contribution in [3.8, 4) is 0 Å². The van der Waals surface area contributed by atoms with Gasteiger partial charge in [-0.05, 0) is 17.6 Å². The molecule has 0 N–H and O–H groups in total. The van der Waals surface area contributed by atoms with Gasteiger partial charge in [-0.3, -0.25) is 4.90 Å². The highest BCUT2D eigenvalue weighted by Crippen LogP contribution is 2.16. The van der Waals surface area contributed by atoms with Gasteiger partial charge in [0.15, 0.2) is 0 Å². The maximum atomic E-state index is 5.86. The summed E-state index contributed by atoms with van der Waals surface area (Å²) in [6, 6.07) is 10.6. The Hall–Kier alpha value is -1.64. The second-order valence-electron chi connectivity index (χ2n) is 5.10. The zero-order valence-corrected chi connectivity index (χ0v) is 12.0. The van der Waals surface area contributed by atoms with Gasteiger partial charge in [0.05, 0.1) is 12.7 Å². The van der Waals surface area contributed by atoms with E-state index < -0.39 is 0 Å². The second kappa shape index (κ2) is 7.83. The molecular formula is C18H23NO. The summed E-state index contributed by atoms with van der Waals surface area (Å²) in [5.74, 6) is 0. The number of nitrogens with zero attached hydrogens (tertiary/aromatic N) is 1. The van der Waals surface area contributed by atoms with Crippen molar-refractivity contribution in [1.82, 2.24) is 4.90 Å². The van der Waals surface area contributed by atoms with Gasteiger partial charge in [-0.25, -0.2) is 0 Å². The zero-order chi connectivity index (χ0) is 14.2. The van der Waals surface area contributed by atoms with Crippen molar-refractivity contribution < 1.29 is 4.74 Å². The van der Waals surface area contributed by atoms with E-state index in [1.54, 1.807) is 0 Å².